The maximum Gasteiger partial charge on any atom is 0.0346 e. The van der Waals surface area contributed by atoms with Gasteiger partial charge in [-0.15, -0.1) is 11.3 Å². The molecule has 0 atom stereocenters. The van der Waals surface area contributed by atoms with E-state index in [2.05, 4.69) is 22.5 Å². The summed E-state index contributed by atoms with van der Waals surface area (Å²) in [7, 11) is 0. The van der Waals surface area contributed by atoms with Crippen LogP contribution < -0.4 is 5.73 Å². The molecule has 0 amide bonds. The number of hydrogen-bond acceptors (Lipinski definition) is 3. The van der Waals surface area contributed by atoms with E-state index in [0.717, 1.165) is 0 Å². The molecule has 0 radical (unpaired) electrons. The SMILES string of the molecule is Cc1cncc(-c2csc(CN)c2)c1. The molecule has 14 heavy (non-hydrogen) atoms. The monoisotopic (exact) mass is 204 g/mol. The number of nitrogens with zero attached hydrogens (tertiary/aromatic N) is 1. The van der Waals surface area contributed by atoms with E-state index < -0.39 is 0 Å². The molecule has 2 rings (SSSR count). The molecule has 2 aromatic rings. The van der Waals surface area contributed by atoms with Gasteiger partial charge in [-0.2, -0.15) is 0 Å². The van der Waals surface area contributed by atoms with Crippen LogP contribution in [-0.2, 0) is 6.54 Å². The van der Waals surface area contributed by atoms with Crippen molar-refractivity contribution in [2.75, 3.05) is 0 Å². The summed E-state index contributed by atoms with van der Waals surface area (Å²) >= 11 is 1.70. The Hall–Kier alpha value is -1.19. The fourth-order valence-corrected chi connectivity index (χ4v) is 2.13. The molecule has 2 nitrogen and oxygen atoms in total. The molecule has 0 aromatic carbocycles. The Morgan fingerprint density at radius 3 is 2.79 bits per heavy atom. The Kier molecular flexibility index (Phi) is 2.61. The van der Waals surface area contributed by atoms with Crippen LogP contribution in [0.15, 0.2) is 29.9 Å². The van der Waals surface area contributed by atoms with Crippen LogP contribution in [0.5, 0.6) is 0 Å². The average Bonchev–Trinajstić information content (AvgIpc) is 2.66. The van der Waals surface area contributed by atoms with E-state index in [9.17, 15) is 0 Å². The van der Waals surface area contributed by atoms with E-state index in [0.29, 0.717) is 6.54 Å². The summed E-state index contributed by atoms with van der Waals surface area (Å²) in [5.74, 6) is 0. The summed E-state index contributed by atoms with van der Waals surface area (Å²) in [6.45, 7) is 2.66. The van der Waals surface area contributed by atoms with Gasteiger partial charge < -0.3 is 5.73 Å². The van der Waals surface area contributed by atoms with E-state index in [1.807, 2.05) is 19.3 Å². The third kappa shape index (κ3) is 1.84. The summed E-state index contributed by atoms with van der Waals surface area (Å²) in [6, 6.07) is 4.26. The first-order valence-electron chi connectivity index (χ1n) is 4.49. The third-order valence-electron chi connectivity index (χ3n) is 2.06. The zero-order chi connectivity index (χ0) is 9.97. The van der Waals surface area contributed by atoms with Gasteiger partial charge in [-0.3, -0.25) is 4.98 Å². The van der Waals surface area contributed by atoms with Crippen molar-refractivity contribution in [1.82, 2.24) is 4.98 Å². The summed E-state index contributed by atoms with van der Waals surface area (Å²) in [5.41, 5.74) is 9.13. The van der Waals surface area contributed by atoms with Crippen LogP contribution in [0.4, 0.5) is 0 Å². The molecule has 0 bridgehead atoms. The Balaban J connectivity index is 2.39. The Morgan fingerprint density at radius 2 is 2.14 bits per heavy atom. The predicted octanol–water partition coefficient (Wildman–Crippen LogP) is 2.58. The number of hydrogen-bond donors (Lipinski definition) is 1. The molecule has 0 saturated carbocycles. The second kappa shape index (κ2) is 3.90. The van der Waals surface area contributed by atoms with E-state index >= 15 is 0 Å². The minimum Gasteiger partial charge on any atom is -0.326 e. The highest BCUT2D eigenvalue weighted by atomic mass is 32.1. The van der Waals surface area contributed by atoms with Gasteiger partial charge in [-0.05, 0) is 35.6 Å². The highest BCUT2D eigenvalue weighted by Gasteiger charge is 2.01. The maximum atomic E-state index is 5.57. The highest BCUT2D eigenvalue weighted by Crippen LogP contribution is 2.25. The van der Waals surface area contributed by atoms with Crippen molar-refractivity contribution in [3.05, 3.63) is 40.3 Å². The average molecular weight is 204 g/mol. The maximum absolute atomic E-state index is 5.57. The molecule has 0 aliphatic rings. The minimum atomic E-state index is 0.615. The number of aromatic nitrogens is 1. The standard InChI is InChI=1S/C11H12N2S/c1-8-2-9(6-13-5-8)10-3-11(4-12)14-7-10/h2-3,5-7H,4,12H2,1H3. The van der Waals surface area contributed by atoms with Crippen molar-refractivity contribution in [3.63, 3.8) is 0 Å². The summed E-state index contributed by atoms with van der Waals surface area (Å²) in [5, 5.41) is 2.12. The van der Waals surface area contributed by atoms with Crippen LogP contribution >= 0.6 is 11.3 Å². The molecule has 0 spiro atoms. The van der Waals surface area contributed by atoms with E-state index in [1.165, 1.54) is 21.6 Å². The molecule has 0 aliphatic heterocycles. The molecule has 0 unspecified atom stereocenters. The van der Waals surface area contributed by atoms with Gasteiger partial charge in [0.25, 0.3) is 0 Å². The molecule has 2 heterocycles. The largest absolute Gasteiger partial charge is 0.326 e. The van der Waals surface area contributed by atoms with Gasteiger partial charge in [0.05, 0.1) is 0 Å². The molecular weight excluding hydrogens is 192 g/mol. The summed E-state index contributed by atoms with van der Waals surface area (Å²) in [6.07, 6.45) is 3.75. The van der Waals surface area contributed by atoms with Crippen LogP contribution in [0.1, 0.15) is 10.4 Å². The van der Waals surface area contributed by atoms with Crippen LogP contribution in [0.25, 0.3) is 11.1 Å². The van der Waals surface area contributed by atoms with Gasteiger partial charge in [0, 0.05) is 29.4 Å². The number of thiophene rings is 1. The predicted molar refractivity (Wildman–Crippen MR) is 60.2 cm³/mol. The fourth-order valence-electron chi connectivity index (χ4n) is 1.35. The van der Waals surface area contributed by atoms with Crippen LogP contribution in [0.2, 0.25) is 0 Å². The van der Waals surface area contributed by atoms with Gasteiger partial charge in [-0.1, -0.05) is 0 Å². The molecular formula is C11H12N2S. The van der Waals surface area contributed by atoms with E-state index in [4.69, 9.17) is 5.73 Å². The summed E-state index contributed by atoms with van der Waals surface area (Å²) < 4.78 is 0. The zero-order valence-corrected chi connectivity index (χ0v) is 8.84. The van der Waals surface area contributed by atoms with Gasteiger partial charge >= 0.3 is 0 Å². The number of aryl methyl sites for hydroxylation is 1. The van der Waals surface area contributed by atoms with Gasteiger partial charge in [-0.25, -0.2) is 0 Å². The molecule has 2 N–H and O–H groups in total. The number of nitrogens with two attached hydrogens (primary N) is 1. The Labute approximate surface area is 87.4 Å². The Bertz CT molecular complexity index is 434. The fraction of sp³-hybridized carbons (Fsp3) is 0.182. The molecule has 2 aromatic heterocycles. The molecule has 72 valence electrons. The van der Waals surface area contributed by atoms with Gasteiger partial charge in [0.2, 0.25) is 0 Å². The topological polar surface area (TPSA) is 38.9 Å². The van der Waals surface area contributed by atoms with Crippen molar-refractivity contribution >= 4 is 11.3 Å². The molecule has 0 saturated heterocycles. The first-order valence-corrected chi connectivity index (χ1v) is 5.37. The van der Waals surface area contributed by atoms with Crippen LogP contribution in [0, 0.1) is 6.92 Å². The lowest BCUT2D eigenvalue weighted by molar-refractivity contribution is 1.11. The molecule has 0 fully saturated rings. The van der Waals surface area contributed by atoms with Crippen LogP contribution in [-0.4, -0.2) is 4.98 Å². The number of rotatable bonds is 2. The normalized spacial score (nSPS) is 10.4. The van der Waals surface area contributed by atoms with Crippen molar-refractivity contribution < 1.29 is 0 Å². The lowest BCUT2D eigenvalue weighted by atomic mass is 10.1. The summed E-state index contributed by atoms with van der Waals surface area (Å²) in [4.78, 5) is 5.38. The van der Waals surface area contributed by atoms with E-state index in [-0.39, 0.29) is 0 Å². The molecule has 3 heteroatoms. The van der Waals surface area contributed by atoms with Gasteiger partial charge in [0.15, 0.2) is 0 Å². The van der Waals surface area contributed by atoms with Crippen molar-refractivity contribution in [2.45, 2.75) is 13.5 Å². The van der Waals surface area contributed by atoms with Gasteiger partial charge in [0.1, 0.15) is 0 Å². The quantitative estimate of drug-likeness (QED) is 0.816. The highest BCUT2D eigenvalue weighted by molar-refractivity contribution is 7.10. The number of pyridine rings is 1. The van der Waals surface area contributed by atoms with Crippen molar-refractivity contribution in [2.24, 2.45) is 5.73 Å². The minimum absolute atomic E-state index is 0.615. The first-order chi connectivity index (χ1) is 6.79. The van der Waals surface area contributed by atoms with Crippen molar-refractivity contribution in [3.8, 4) is 11.1 Å². The molecule has 0 aliphatic carbocycles. The second-order valence-electron chi connectivity index (χ2n) is 3.26. The zero-order valence-electron chi connectivity index (χ0n) is 8.03. The Morgan fingerprint density at radius 1 is 1.29 bits per heavy atom. The lowest BCUT2D eigenvalue weighted by Gasteiger charge is -1.97. The third-order valence-corrected chi connectivity index (χ3v) is 3.02. The smallest absolute Gasteiger partial charge is 0.0346 e. The van der Waals surface area contributed by atoms with Crippen molar-refractivity contribution in [1.29, 1.82) is 0 Å². The van der Waals surface area contributed by atoms with E-state index in [1.54, 1.807) is 11.3 Å². The second-order valence-corrected chi connectivity index (χ2v) is 4.25. The lowest BCUT2D eigenvalue weighted by Crippen LogP contribution is -1.91. The van der Waals surface area contributed by atoms with Crippen LogP contribution in [0.3, 0.4) is 0 Å². The first kappa shape index (κ1) is 9.37.